The van der Waals surface area contributed by atoms with Gasteiger partial charge in [0.05, 0.1) is 10.0 Å². The van der Waals surface area contributed by atoms with Crippen molar-refractivity contribution in [2.75, 3.05) is 18.9 Å². The second-order valence-corrected chi connectivity index (χ2v) is 6.79. The van der Waals surface area contributed by atoms with E-state index in [-0.39, 0.29) is 21.0 Å². The van der Waals surface area contributed by atoms with Gasteiger partial charge in [0.2, 0.25) is 10.0 Å². The van der Waals surface area contributed by atoms with Gasteiger partial charge in [-0.3, -0.25) is 0 Å². The fourth-order valence-corrected chi connectivity index (χ4v) is 4.47. The lowest BCUT2D eigenvalue weighted by Gasteiger charge is -2.23. The Balaban J connectivity index is 2.29. The maximum Gasteiger partial charge on any atom is 0.243 e. The molecule has 19 heavy (non-hydrogen) atoms. The number of halogens is 2. The number of ether oxygens (including phenoxy) is 1. The van der Waals surface area contributed by atoms with Crippen molar-refractivity contribution in [2.45, 2.75) is 23.8 Å². The lowest BCUT2D eigenvalue weighted by molar-refractivity contribution is 0.0832. The second kappa shape index (κ2) is 5.85. The topological polar surface area (TPSA) is 81.4 Å². The number of hydrogen-bond acceptors (Lipinski definition) is 4. The fourth-order valence-electron chi connectivity index (χ4n) is 1.93. The zero-order valence-electron chi connectivity index (χ0n) is 10.0. The molecule has 0 bridgehead atoms. The zero-order valence-corrected chi connectivity index (χ0v) is 12.4. The summed E-state index contributed by atoms with van der Waals surface area (Å²) < 4.78 is 32.4. The highest BCUT2D eigenvalue weighted by atomic mass is 35.5. The van der Waals surface area contributed by atoms with Crippen LogP contribution in [0.3, 0.4) is 0 Å². The van der Waals surface area contributed by atoms with Gasteiger partial charge in [-0.05, 0) is 25.0 Å². The first-order valence-electron chi connectivity index (χ1n) is 5.75. The van der Waals surface area contributed by atoms with Gasteiger partial charge in [-0.2, -0.15) is 0 Å². The molecule has 0 aromatic heterocycles. The maximum atomic E-state index is 12.3. The van der Waals surface area contributed by atoms with E-state index in [2.05, 4.69) is 4.72 Å². The second-order valence-electron chi connectivity index (χ2n) is 4.32. The van der Waals surface area contributed by atoms with Crippen LogP contribution in [-0.4, -0.2) is 27.7 Å². The summed E-state index contributed by atoms with van der Waals surface area (Å²) in [6.07, 6.45) is 1.26. The fraction of sp³-hybridized carbons (Fsp3) is 0.455. The van der Waals surface area contributed by atoms with Crippen molar-refractivity contribution in [3.63, 3.8) is 0 Å². The molecule has 2 rings (SSSR count). The number of benzene rings is 1. The first-order valence-corrected chi connectivity index (χ1v) is 7.98. The van der Waals surface area contributed by atoms with Gasteiger partial charge in [-0.1, -0.05) is 23.2 Å². The largest absolute Gasteiger partial charge is 0.399 e. The molecule has 1 heterocycles. The summed E-state index contributed by atoms with van der Waals surface area (Å²) in [6.45, 7) is 1.08. The van der Waals surface area contributed by atoms with E-state index in [0.29, 0.717) is 31.7 Å². The lowest BCUT2D eigenvalue weighted by Crippen LogP contribution is -2.39. The van der Waals surface area contributed by atoms with Crippen molar-refractivity contribution in [1.29, 1.82) is 0 Å². The number of hydrogen-bond donors (Lipinski definition) is 2. The van der Waals surface area contributed by atoms with Crippen molar-refractivity contribution in [3.05, 3.63) is 22.2 Å². The standard InChI is InChI=1S/C11H14Cl2N2O3S/c12-9-5-7(14)6-10(13)11(9)19(16,17)15-8-1-3-18-4-2-8/h5-6,8,15H,1-4,14H2. The van der Waals surface area contributed by atoms with Crippen LogP contribution >= 0.6 is 23.2 Å². The van der Waals surface area contributed by atoms with E-state index >= 15 is 0 Å². The van der Waals surface area contributed by atoms with E-state index in [1.165, 1.54) is 12.1 Å². The monoisotopic (exact) mass is 324 g/mol. The molecule has 1 saturated heterocycles. The van der Waals surface area contributed by atoms with Crippen LogP contribution in [0.1, 0.15) is 12.8 Å². The van der Waals surface area contributed by atoms with Gasteiger partial charge in [0.25, 0.3) is 0 Å². The number of rotatable bonds is 3. The Bertz CT molecular complexity index is 548. The molecule has 1 aromatic carbocycles. The quantitative estimate of drug-likeness (QED) is 0.833. The summed E-state index contributed by atoms with van der Waals surface area (Å²) in [5.74, 6) is 0. The van der Waals surface area contributed by atoms with Gasteiger partial charge in [-0.15, -0.1) is 0 Å². The number of nitrogen functional groups attached to an aromatic ring is 1. The third-order valence-corrected chi connectivity index (χ3v) is 5.27. The van der Waals surface area contributed by atoms with Crippen LogP contribution < -0.4 is 10.5 Å². The molecular formula is C11H14Cl2N2O3S. The van der Waals surface area contributed by atoms with Gasteiger partial charge >= 0.3 is 0 Å². The van der Waals surface area contributed by atoms with Gasteiger partial charge < -0.3 is 10.5 Å². The van der Waals surface area contributed by atoms with E-state index in [1.54, 1.807) is 0 Å². The number of anilines is 1. The first-order chi connectivity index (χ1) is 8.90. The molecular weight excluding hydrogens is 311 g/mol. The molecule has 1 fully saturated rings. The van der Waals surface area contributed by atoms with E-state index < -0.39 is 10.0 Å². The SMILES string of the molecule is Nc1cc(Cl)c(S(=O)(=O)NC2CCOCC2)c(Cl)c1. The molecule has 1 aliphatic heterocycles. The number of sulfonamides is 1. The molecule has 1 aliphatic rings. The summed E-state index contributed by atoms with van der Waals surface area (Å²) >= 11 is 11.9. The molecule has 3 N–H and O–H groups in total. The van der Waals surface area contributed by atoms with E-state index in [0.717, 1.165) is 0 Å². The Kier molecular flexibility index (Phi) is 4.58. The Hall–Kier alpha value is -0.530. The van der Waals surface area contributed by atoms with Crippen molar-refractivity contribution in [1.82, 2.24) is 4.72 Å². The summed E-state index contributed by atoms with van der Waals surface area (Å²) in [7, 11) is -3.76. The molecule has 0 unspecified atom stereocenters. The summed E-state index contributed by atoms with van der Waals surface area (Å²) in [5.41, 5.74) is 5.87. The molecule has 0 radical (unpaired) electrons. The lowest BCUT2D eigenvalue weighted by atomic mass is 10.1. The van der Waals surface area contributed by atoms with Crippen LogP contribution in [0.2, 0.25) is 10.0 Å². The van der Waals surface area contributed by atoms with E-state index in [9.17, 15) is 8.42 Å². The predicted molar refractivity (Wildman–Crippen MR) is 75.0 cm³/mol. The smallest absolute Gasteiger partial charge is 0.243 e. The average molecular weight is 325 g/mol. The first kappa shape index (κ1) is 14.9. The zero-order chi connectivity index (χ0) is 14.0. The predicted octanol–water partition coefficient (Wildman–Crippen LogP) is 2.03. The summed E-state index contributed by atoms with van der Waals surface area (Å²) in [5, 5.41) is 0.0362. The molecule has 8 heteroatoms. The highest BCUT2D eigenvalue weighted by Crippen LogP contribution is 2.32. The Labute approximate surface area is 122 Å². The van der Waals surface area contributed by atoms with E-state index in [4.69, 9.17) is 33.7 Å². The van der Waals surface area contributed by atoms with Crippen LogP contribution in [0.25, 0.3) is 0 Å². The average Bonchev–Trinajstić information content (AvgIpc) is 2.27. The summed E-state index contributed by atoms with van der Waals surface area (Å²) in [6, 6.07) is 2.57. The van der Waals surface area contributed by atoms with Gasteiger partial charge in [0, 0.05) is 24.9 Å². The van der Waals surface area contributed by atoms with Crippen LogP contribution in [-0.2, 0) is 14.8 Å². The van der Waals surface area contributed by atoms with Crippen molar-refractivity contribution in [3.8, 4) is 0 Å². The third-order valence-electron chi connectivity index (χ3n) is 2.83. The molecule has 0 saturated carbocycles. The van der Waals surface area contributed by atoms with Crippen LogP contribution in [0.4, 0.5) is 5.69 Å². The van der Waals surface area contributed by atoms with Crippen molar-refractivity contribution < 1.29 is 13.2 Å². The Morgan fingerprint density at radius 2 is 1.74 bits per heavy atom. The van der Waals surface area contributed by atoms with Crippen molar-refractivity contribution in [2.24, 2.45) is 0 Å². The van der Waals surface area contributed by atoms with Gasteiger partial charge in [-0.25, -0.2) is 13.1 Å². The normalized spacial score (nSPS) is 17.6. The minimum absolute atomic E-state index is 0.0181. The molecule has 0 aliphatic carbocycles. The molecule has 0 spiro atoms. The molecule has 106 valence electrons. The highest BCUT2D eigenvalue weighted by molar-refractivity contribution is 7.89. The highest BCUT2D eigenvalue weighted by Gasteiger charge is 2.26. The van der Waals surface area contributed by atoms with E-state index in [1.807, 2.05) is 0 Å². The minimum atomic E-state index is -3.76. The van der Waals surface area contributed by atoms with Crippen LogP contribution in [0.5, 0.6) is 0 Å². The van der Waals surface area contributed by atoms with Gasteiger partial charge in [0.1, 0.15) is 4.90 Å². The molecule has 0 atom stereocenters. The minimum Gasteiger partial charge on any atom is -0.399 e. The maximum absolute atomic E-state index is 12.3. The van der Waals surface area contributed by atoms with Crippen LogP contribution in [0.15, 0.2) is 17.0 Å². The Morgan fingerprint density at radius 1 is 1.21 bits per heavy atom. The molecule has 1 aromatic rings. The van der Waals surface area contributed by atoms with Crippen molar-refractivity contribution >= 4 is 38.9 Å². The molecule has 5 nitrogen and oxygen atoms in total. The summed E-state index contributed by atoms with van der Waals surface area (Å²) in [4.78, 5) is -0.128. The molecule has 0 amide bonds. The third kappa shape index (κ3) is 3.52. The Morgan fingerprint density at radius 3 is 2.26 bits per heavy atom. The number of nitrogens with two attached hydrogens (primary N) is 1. The number of nitrogens with one attached hydrogen (secondary N) is 1. The van der Waals surface area contributed by atoms with Crippen LogP contribution in [0, 0.1) is 0 Å². The van der Waals surface area contributed by atoms with Gasteiger partial charge in [0.15, 0.2) is 0 Å².